The third kappa shape index (κ3) is 5.32. The maximum absolute atomic E-state index is 11.7. The van der Waals surface area contributed by atoms with E-state index in [1.165, 1.54) is 0 Å². The van der Waals surface area contributed by atoms with Crippen LogP contribution in [0.4, 0.5) is 0 Å². The third-order valence-corrected chi connectivity index (χ3v) is 4.64. The summed E-state index contributed by atoms with van der Waals surface area (Å²) in [6.07, 6.45) is 2.20. The van der Waals surface area contributed by atoms with Crippen LogP contribution in [-0.4, -0.2) is 57.2 Å². The summed E-state index contributed by atoms with van der Waals surface area (Å²) in [7, 11) is -3.28. The second kappa shape index (κ2) is 7.06. The smallest absolute Gasteiger partial charge is 0.213 e. The molecule has 0 saturated carbocycles. The van der Waals surface area contributed by atoms with Gasteiger partial charge in [0.2, 0.25) is 16.4 Å². The van der Waals surface area contributed by atoms with Gasteiger partial charge in [0.15, 0.2) is 0 Å². The van der Waals surface area contributed by atoms with Gasteiger partial charge in [-0.15, -0.1) is 0 Å². The minimum absolute atomic E-state index is 0.0289. The topological polar surface area (TPSA) is 78.5 Å². The number of amides is 1. The number of nitrogens with one attached hydrogen (secondary N) is 2. The Kier molecular flexibility index (Phi) is 6.04. The van der Waals surface area contributed by atoms with Crippen LogP contribution >= 0.6 is 0 Å². The Bertz CT molecular complexity index is 349. The van der Waals surface area contributed by atoms with Crippen LogP contribution in [0.25, 0.3) is 0 Å². The van der Waals surface area contributed by atoms with Gasteiger partial charge in [-0.3, -0.25) is 4.79 Å². The first kappa shape index (κ1) is 15.4. The first-order valence-electron chi connectivity index (χ1n) is 6.35. The SMILES string of the molecule is CC(C)N1CCC(NS(=O)(=O)CCNC=O)CC1. The number of sulfonamides is 1. The Morgan fingerprint density at radius 3 is 2.44 bits per heavy atom. The summed E-state index contributed by atoms with van der Waals surface area (Å²) in [6.45, 7) is 6.31. The minimum atomic E-state index is -3.28. The highest BCUT2D eigenvalue weighted by Gasteiger charge is 2.24. The van der Waals surface area contributed by atoms with Gasteiger partial charge >= 0.3 is 0 Å². The molecule has 0 spiro atoms. The normalized spacial score (nSPS) is 19.1. The van der Waals surface area contributed by atoms with E-state index < -0.39 is 10.0 Å². The lowest BCUT2D eigenvalue weighted by Crippen LogP contribution is -2.47. The molecule has 0 aromatic heterocycles. The van der Waals surface area contributed by atoms with Crippen molar-refractivity contribution in [3.8, 4) is 0 Å². The molecule has 1 saturated heterocycles. The van der Waals surface area contributed by atoms with E-state index in [1.54, 1.807) is 0 Å². The predicted octanol–water partition coefficient (Wildman–Crippen LogP) is -0.475. The molecule has 0 aromatic rings. The number of piperidine rings is 1. The molecule has 2 N–H and O–H groups in total. The Balaban J connectivity index is 2.33. The summed E-state index contributed by atoms with van der Waals surface area (Å²) >= 11 is 0. The maximum Gasteiger partial charge on any atom is 0.213 e. The molecule has 0 aromatic carbocycles. The number of hydrogen-bond donors (Lipinski definition) is 2. The van der Waals surface area contributed by atoms with Crippen LogP contribution in [0.3, 0.4) is 0 Å². The van der Waals surface area contributed by atoms with Crippen LogP contribution in [0, 0.1) is 0 Å². The average Bonchev–Trinajstić information content (AvgIpc) is 2.29. The summed E-state index contributed by atoms with van der Waals surface area (Å²) in [4.78, 5) is 12.4. The van der Waals surface area contributed by atoms with Crippen LogP contribution in [0.1, 0.15) is 26.7 Å². The van der Waals surface area contributed by atoms with Crippen LogP contribution in [0.15, 0.2) is 0 Å². The first-order chi connectivity index (χ1) is 8.44. The molecule has 0 unspecified atom stereocenters. The van der Waals surface area contributed by atoms with Crippen molar-refractivity contribution < 1.29 is 13.2 Å². The van der Waals surface area contributed by atoms with E-state index in [9.17, 15) is 13.2 Å². The fourth-order valence-corrected chi connectivity index (χ4v) is 3.35. The van der Waals surface area contributed by atoms with Gasteiger partial charge in [-0.05, 0) is 39.8 Å². The summed E-state index contributed by atoms with van der Waals surface area (Å²) in [5.41, 5.74) is 0. The molecular formula is C11H23N3O3S. The van der Waals surface area contributed by atoms with E-state index >= 15 is 0 Å². The van der Waals surface area contributed by atoms with Gasteiger partial charge in [-0.1, -0.05) is 0 Å². The zero-order valence-corrected chi connectivity index (χ0v) is 11.9. The van der Waals surface area contributed by atoms with Crippen molar-refractivity contribution in [2.45, 2.75) is 38.8 Å². The molecule has 1 fully saturated rings. The monoisotopic (exact) mass is 277 g/mol. The number of likely N-dealkylation sites (tertiary alicyclic amines) is 1. The van der Waals surface area contributed by atoms with Gasteiger partial charge in [0.25, 0.3) is 0 Å². The highest BCUT2D eigenvalue weighted by Crippen LogP contribution is 2.13. The lowest BCUT2D eigenvalue weighted by atomic mass is 10.1. The van der Waals surface area contributed by atoms with E-state index in [-0.39, 0.29) is 18.3 Å². The Labute approximate surface area is 109 Å². The van der Waals surface area contributed by atoms with E-state index in [0.717, 1.165) is 25.9 Å². The molecule has 18 heavy (non-hydrogen) atoms. The number of hydrogen-bond acceptors (Lipinski definition) is 4. The third-order valence-electron chi connectivity index (χ3n) is 3.20. The van der Waals surface area contributed by atoms with Gasteiger partial charge < -0.3 is 10.2 Å². The minimum Gasteiger partial charge on any atom is -0.358 e. The lowest BCUT2D eigenvalue weighted by Gasteiger charge is -2.34. The average molecular weight is 277 g/mol. The van der Waals surface area contributed by atoms with Crippen molar-refractivity contribution in [3.05, 3.63) is 0 Å². The highest BCUT2D eigenvalue weighted by atomic mass is 32.2. The largest absolute Gasteiger partial charge is 0.358 e. The molecule has 1 rings (SSSR count). The predicted molar refractivity (Wildman–Crippen MR) is 70.7 cm³/mol. The van der Waals surface area contributed by atoms with E-state index in [4.69, 9.17) is 0 Å². The second-order valence-corrected chi connectivity index (χ2v) is 6.79. The molecule has 7 heteroatoms. The molecular weight excluding hydrogens is 254 g/mol. The molecule has 1 aliphatic heterocycles. The lowest BCUT2D eigenvalue weighted by molar-refractivity contribution is -0.109. The number of rotatable bonds is 7. The molecule has 106 valence electrons. The molecule has 0 aliphatic carbocycles. The summed E-state index contributed by atoms with van der Waals surface area (Å²) < 4.78 is 26.1. The molecule has 6 nitrogen and oxygen atoms in total. The van der Waals surface area contributed by atoms with Gasteiger partial charge in [-0.25, -0.2) is 13.1 Å². The zero-order chi connectivity index (χ0) is 13.6. The maximum atomic E-state index is 11.7. The van der Waals surface area contributed by atoms with Crippen LogP contribution < -0.4 is 10.0 Å². The van der Waals surface area contributed by atoms with Gasteiger partial charge in [-0.2, -0.15) is 0 Å². The Hall–Kier alpha value is -0.660. The Morgan fingerprint density at radius 1 is 1.33 bits per heavy atom. The van der Waals surface area contributed by atoms with E-state index in [2.05, 4.69) is 28.8 Å². The van der Waals surface area contributed by atoms with Crippen LogP contribution in [0.2, 0.25) is 0 Å². The molecule has 0 bridgehead atoms. The fraction of sp³-hybridized carbons (Fsp3) is 0.909. The van der Waals surface area contributed by atoms with E-state index in [0.29, 0.717) is 12.5 Å². The zero-order valence-electron chi connectivity index (χ0n) is 11.1. The van der Waals surface area contributed by atoms with Crippen LogP contribution in [0.5, 0.6) is 0 Å². The van der Waals surface area contributed by atoms with Crippen molar-refractivity contribution in [2.75, 3.05) is 25.4 Å². The molecule has 0 radical (unpaired) electrons. The van der Waals surface area contributed by atoms with Crippen molar-refractivity contribution in [1.82, 2.24) is 14.9 Å². The summed E-state index contributed by atoms with van der Waals surface area (Å²) in [6, 6.07) is 0.542. The molecule has 0 atom stereocenters. The number of nitrogens with zero attached hydrogens (tertiary/aromatic N) is 1. The Morgan fingerprint density at radius 2 is 1.94 bits per heavy atom. The molecule has 1 heterocycles. The first-order valence-corrected chi connectivity index (χ1v) is 8.01. The highest BCUT2D eigenvalue weighted by molar-refractivity contribution is 7.89. The van der Waals surface area contributed by atoms with Crippen molar-refractivity contribution >= 4 is 16.4 Å². The fourth-order valence-electron chi connectivity index (χ4n) is 2.10. The second-order valence-electron chi connectivity index (χ2n) is 4.91. The van der Waals surface area contributed by atoms with Crippen molar-refractivity contribution in [2.24, 2.45) is 0 Å². The number of carbonyl (C=O) groups excluding carboxylic acids is 1. The van der Waals surface area contributed by atoms with E-state index in [1.807, 2.05) is 0 Å². The quantitative estimate of drug-likeness (QED) is 0.487. The van der Waals surface area contributed by atoms with Gasteiger partial charge in [0, 0.05) is 18.6 Å². The molecule has 1 amide bonds. The number of carbonyl (C=O) groups is 1. The van der Waals surface area contributed by atoms with Gasteiger partial charge in [0.1, 0.15) is 0 Å². The van der Waals surface area contributed by atoms with Crippen LogP contribution in [-0.2, 0) is 14.8 Å². The summed E-state index contributed by atoms with van der Waals surface area (Å²) in [5.74, 6) is -0.0594. The van der Waals surface area contributed by atoms with Crippen molar-refractivity contribution in [1.29, 1.82) is 0 Å². The molecule has 1 aliphatic rings. The summed E-state index contributed by atoms with van der Waals surface area (Å²) in [5, 5.41) is 2.36. The van der Waals surface area contributed by atoms with Crippen molar-refractivity contribution in [3.63, 3.8) is 0 Å². The van der Waals surface area contributed by atoms with Gasteiger partial charge in [0.05, 0.1) is 5.75 Å². The standard InChI is InChI=1S/C11H23N3O3S/c1-10(2)14-6-3-11(4-7-14)13-18(16,17)8-5-12-9-15/h9-11,13H,3-8H2,1-2H3,(H,12,15).